The fourth-order valence-corrected chi connectivity index (χ4v) is 2.74. The van der Waals surface area contributed by atoms with Gasteiger partial charge in [-0.1, -0.05) is 91.8 Å². The molecule has 1 aromatic carbocycles. The van der Waals surface area contributed by atoms with Gasteiger partial charge in [0.05, 0.1) is 12.6 Å². The second kappa shape index (κ2) is 18.9. The van der Waals surface area contributed by atoms with E-state index in [2.05, 4.69) is 64.2 Å². The van der Waals surface area contributed by atoms with Crippen LogP contribution in [0.25, 0.3) is 0 Å². The molecular weight excluding hydrogens is 424 g/mol. The van der Waals surface area contributed by atoms with Crippen molar-refractivity contribution in [3.8, 4) is 0 Å². The van der Waals surface area contributed by atoms with Gasteiger partial charge in [0.25, 0.3) is 0 Å². The van der Waals surface area contributed by atoms with Crippen molar-refractivity contribution in [2.45, 2.75) is 94.0 Å². The molecule has 0 bridgehead atoms. The third kappa shape index (κ3) is 17.1. The summed E-state index contributed by atoms with van der Waals surface area (Å²) in [5.74, 6) is 1.39. The first kappa shape index (κ1) is 33.7. The maximum atomic E-state index is 12.1. The van der Waals surface area contributed by atoms with E-state index in [1.165, 1.54) is 12.5 Å². The Balaban J connectivity index is 0. The van der Waals surface area contributed by atoms with E-state index in [0.29, 0.717) is 17.9 Å². The molecular formula is C29H50N2O3. The minimum Gasteiger partial charge on any atom is -0.347 e. The van der Waals surface area contributed by atoms with E-state index < -0.39 is 0 Å². The summed E-state index contributed by atoms with van der Waals surface area (Å²) in [7, 11) is 1.70. The monoisotopic (exact) mass is 474 g/mol. The number of rotatable bonds is 9. The number of likely N-dealkylation sites (N-methyl/N-ethyl adjacent to an activating group) is 1. The van der Waals surface area contributed by atoms with Gasteiger partial charge in [-0.3, -0.25) is 14.4 Å². The summed E-state index contributed by atoms with van der Waals surface area (Å²) in [6.07, 6.45) is 3.00. The summed E-state index contributed by atoms with van der Waals surface area (Å²) in [5, 5.41) is 2.62. The van der Waals surface area contributed by atoms with Gasteiger partial charge < -0.3 is 10.2 Å². The highest BCUT2D eigenvalue weighted by Gasteiger charge is 2.22. The van der Waals surface area contributed by atoms with Crippen molar-refractivity contribution in [3.63, 3.8) is 0 Å². The molecule has 0 unspecified atom stereocenters. The smallest absolute Gasteiger partial charge is 0.242 e. The summed E-state index contributed by atoms with van der Waals surface area (Å²) in [6, 6.07) is 10.4. The van der Waals surface area contributed by atoms with E-state index in [4.69, 9.17) is 0 Å². The molecule has 0 saturated heterocycles. The van der Waals surface area contributed by atoms with E-state index >= 15 is 0 Å². The van der Waals surface area contributed by atoms with Crippen LogP contribution < -0.4 is 5.32 Å². The van der Waals surface area contributed by atoms with E-state index in [1.807, 2.05) is 32.9 Å². The average molecular weight is 475 g/mol. The Labute approximate surface area is 209 Å². The number of nitrogens with zero attached hydrogens (tertiary/aromatic N) is 1. The van der Waals surface area contributed by atoms with Gasteiger partial charge in [-0.2, -0.15) is 0 Å². The molecule has 34 heavy (non-hydrogen) atoms. The van der Waals surface area contributed by atoms with Crippen LogP contribution in [0.4, 0.5) is 0 Å². The van der Waals surface area contributed by atoms with Crippen LogP contribution in [0.3, 0.4) is 0 Å². The van der Waals surface area contributed by atoms with Gasteiger partial charge in [0.15, 0.2) is 5.78 Å². The molecule has 5 nitrogen and oxygen atoms in total. The lowest BCUT2D eigenvalue weighted by Gasteiger charge is -2.29. The maximum absolute atomic E-state index is 12.1. The fourth-order valence-electron chi connectivity index (χ4n) is 2.74. The first-order chi connectivity index (χ1) is 15.7. The maximum Gasteiger partial charge on any atom is 0.242 e. The summed E-state index contributed by atoms with van der Waals surface area (Å²) in [5.41, 5.74) is 2.06. The number of Topliss-reactive ketones (excluding diaryl/α,β-unsaturated/α-hetero) is 1. The van der Waals surface area contributed by atoms with Crippen molar-refractivity contribution < 1.29 is 14.4 Å². The number of amides is 2. The Morgan fingerprint density at radius 2 is 1.44 bits per heavy atom. The van der Waals surface area contributed by atoms with Crippen molar-refractivity contribution in [2.24, 2.45) is 11.8 Å². The number of hydrogen-bond acceptors (Lipinski definition) is 3. The quantitative estimate of drug-likeness (QED) is 0.422. The first-order valence-electron chi connectivity index (χ1n) is 12.5. The van der Waals surface area contributed by atoms with Crippen molar-refractivity contribution in [3.05, 3.63) is 47.5 Å². The van der Waals surface area contributed by atoms with E-state index in [1.54, 1.807) is 18.9 Å². The molecule has 0 saturated carbocycles. The zero-order valence-electron chi connectivity index (χ0n) is 23.6. The summed E-state index contributed by atoms with van der Waals surface area (Å²) in [4.78, 5) is 36.5. The van der Waals surface area contributed by atoms with Gasteiger partial charge in [0.1, 0.15) is 0 Å². The van der Waals surface area contributed by atoms with Crippen LogP contribution in [0.15, 0.2) is 42.0 Å². The largest absolute Gasteiger partial charge is 0.347 e. The van der Waals surface area contributed by atoms with Crippen LogP contribution in [0.1, 0.15) is 93.6 Å². The zero-order valence-corrected chi connectivity index (χ0v) is 23.6. The SMILES string of the molecule is CC(C)C.CC(C)c1ccccc1.CCCC(=O)NCC(=O)N(C)[C@H](/C=C(\C)C(C)=O)C(C)C. The van der Waals surface area contributed by atoms with Crippen LogP contribution in [-0.4, -0.2) is 42.1 Å². The standard InChI is InChI=1S/C16H28N2O3.C9H12.C4H10/c1-7-8-15(20)17-10-16(21)18(6)14(11(2)3)9-12(4)13(5)19;1-8(2)9-6-4-3-5-7-9;1-4(2)3/h9,11,14H,7-8,10H2,1-6H3,(H,17,20);3-8H,1-2H3;4H,1-3H3/b12-9+;;/t14-;;/m1../s1. The fraction of sp³-hybridized carbons (Fsp3) is 0.621. The highest BCUT2D eigenvalue weighted by atomic mass is 16.2. The third-order valence-corrected chi connectivity index (χ3v) is 4.88. The number of ketones is 1. The highest BCUT2D eigenvalue weighted by molar-refractivity contribution is 5.92. The van der Waals surface area contributed by atoms with Crippen molar-refractivity contribution in [2.75, 3.05) is 13.6 Å². The minimum atomic E-state index is -0.163. The number of nitrogens with one attached hydrogen (secondary N) is 1. The first-order valence-corrected chi connectivity index (χ1v) is 12.5. The molecule has 0 aliphatic rings. The van der Waals surface area contributed by atoms with Crippen molar-refractivity contribution in [1.29, 1.82) is 0 Å². The van der Waals surface area contributed by atoms with Crippen molar-refractivity contribution >= 4 is 17.6 Å². The molecule has 0 radical (unpaired) electrons. The molecule has 1 atom stereocenters. The number of allylic oxidation sites excluding steroid dienone is 1. The normalized spacial score (nSPS) is 11.8. The minimum absolute atomic E-state index is 0.00209. The molecule has 0 spiro atoms. The molecule has 0 aliphatic carbocycles. The molecule has 5 heteroatoms. The van der Waals surface area contributed by atoms with Crippen LogP contribution in [0.2, 0.25) is 0 Å². The third-order valence-electron chi connectivity index (χ3n) is 4.88. The second-order valence-corrected chi connectivity index (χ2v) is 9.97. The molecule has 0 aliphatic heterocycles. The van der Waals surface area contributed by atoms with Crippen LogP contribution in [0.5, 0.6) is 0 Å². The number of hydrogen-bond donors (Lipinski definition) is 1. The van der Waals surface area contributed by atoms with Gasteiger partial charge in [0.2, 0.25) is 11.8 Å². The lowest BCUT2D eigenvalue weighted by atomic mass is 9.99. The zero-order chi connectivity index (χ0) is 26.8. The van der Waals surface area contributed by atoms with E-state index in [-0.39, 0.29) is 36.1 Å². The predicted octanol–water partition coefficient (Wildman–Crippen LogP) is 6.39. The molecule has 194 valence electrons. The van der Waals surface area contributed by atoms with E-state index in [9.17, 15) is 14.4 Å². The summed E-state index contributed by atoms with van der Waals surface area (Å²) >= 11 is 0. The summed E-state index contributed by atoms with van der Waals surface area (Å²) < 4.78 is 0. The van der Waals surface area contributed by atoms with Crippen LogP contribution in [0, 0.1) is 11.8 Å². The van der Waals surface area contributed by atoms with Gasteiger partial charge in [-0.15, -0.1) is 0 Å². The van der Waals surface area contributed by atoms with Crippen LogP contribution in [-0.2, 0) is 14.4 Å². The Kier molecular flexibility index (Phi) is 18.8. The second-order valence-electron chi connectivity index (χ2n) is 9.97. The Hall–Kier alpha value is -2.43. The lowest BCUT2D eigenvalue weighted by molar-refractivity contribution is -0.133. The topological polar surface area (TPSA) is 66.5 Å². The Morgan fingerprint density at radius 1 is 0.941 bits per heavy atom. The molecule has 0 fully saturated rings. The number of carbonyl (C=O) groups excluding carboxylic acids is 3. The average Bonchev–Trinajstić information content (AvgIpc) is 2.75. The number of benzene rings is 1. The molecule has 1 rings (SSSR count). The molecule has 1 aromatic rings. The molecule has 0 aromatic heterocycles. The highest BCUT2D eigenvalue weighted by Crippen LogP contribution is 2.14. The molecule has 0 heterocycles. The lowest BCUT2D eigenvalue weighted by Crippen LogP contribution is -2.44. The predicted molar refractivity (Wildman–Crippen MR) is 145 cm³/mol. The molecule has 2 amide bonds. The Bertz CT molecular complexity index is 734. The van der Waals surface area contributed by atoms with Gasteiger partial charge >= 0.3 is 0 Å². The summed E-state index contributed by atoms with van der Waals surface area (Å²) in [6.45, 7) is 20.1. The van der Waals surface area contributed by atoms with Crippen LogP contribution >= 0.6 is 0 Å². The van der Waals surface area contributed by atoms with E-state index in [0.717, 1.165) is 12.3 Å². The van der Waals surface area contributed by atoms with Gasteiger partial charge in [-0.25, -0.2) is 0 Å². The van der Waals surface area contributed by atoms with Crippen molar-refractivity contribution in [1.82, 2.24) is 10.2 Å². The molecule has 1 N–H and O–H groups in total. The Morgan fingerprint density at radius 3 is 1.79 bits per heavy atom. The number of carbonyl (C=O) groups is 3. The van der Waals surface area contributed by atoms with Gasteiger partial charge in [-0.05, 0) is 49.2 Å². The van der Waals surface area contributed by atoms with Gasteiger partial charge in [0, 0.05) is 13.5 Å².